The highest BCUT2D eigenvalue weighted by atomic mass is 32.2. The van der Waals surface area contributed by atoms with Crippen molar-refractivity contribution < 1.29 is 13.2 Å². The predicted molar refractivity (Wildman–Crippen MR) is 126 cm³/mol. The summed E-state index contributed by atoms with van der Waals surface area (Å²) >= 11 is 1.45. The van der Waals surface area contributed by atoms with E-state index in [1.54, 1.807) is 12.1 Å². The number of nitrogens with zero attached hydrogens (tertiary/aromatic N) is 1. The van der Waals surface area contributed by atoms with Gasteiger partial charge in [0.05, 0.1) is 20.1 Å². The number of aromatic nitrogens is 1. The van der Waals surface area contributed by atoms with Crippen LogP contribution in [0.4, 0.5) is 0 Å². The van der Waals surface area contributed by atoms with E-state index in [9.17, 15) is 13.2 Å². The fourth-order valence-corrected chi connectivity index (χ4v) is 5.51. The molecule has 1 atom stereocenters. The molecule has 2 N–H and O–H groups in total. The van der Waals surface area contributed by atoms with Crippen molar-refractivity contribution in [3.63, 3.8) is 0 Å². The molecule has 166 valence electrons. The van der Waals surface area contributed by atoms with Crippen molar-refractivity contribution >= 4 is 37.5 Å². The van der Waals surface area contributed by atoms with Crippen LogP contribution in [0, 0.1) is 19.8 Å². The van der Waals surface area contributed by atoms with E-state index in [0.717, 1.165) is 20.8 Å². The molecule has 0 spiro atoms. The summed E-state index contributed by atoms with van der Waals surface area (Å²) < 4.78 is 29.4. The van der Waals surface area contributed by atoms with Gasteiger partial charge in [-0.3, -0.25) is 4.79 Å². The van der Waals surface area contributed by atoms with Gasteiger partial charge in [0.25, 0.3) is 0 Å². The van der Waals surface area contributed by atoms with Crippen LogP contribution in [0.1, 0.15) is 36.4 Å². The van der Waals surface area contributed by atoms with Crippen molar-refractivity contribution in [3.05, 3.63) is 58.6 Å². The first kappa shape index (κ1) is 23.4. The van der Waals surface area contributed by atoms with Crippen LogP contribution in [0.15, 0.2) is 47.4 Å². The molecule has 3 rings (SSSR count). The molecule has 0 aliphatic heterocycles. The van der Waals surface area contributed by atoms with Crippen LogP contribution in [0.3, 0.4) is 0 Å². The van der Waals surface area contributed by atoms with Crippen LogP contribution in [-0.2, 0) is 21.2 Å². The van der Waals surface area contributed by atoms with Gasteiger partial charge in [0.15, 0.2) is 0 Å². The molecule has 1 heterocycles. The van der Waals surface area contributed by atoms with Gasteiger partial charge >= 0.3 is 0 Å². The lowest BCUT2D eigenvalue weighted by molar-refractivity contribution is -0.123. The molecule has 0 aliphatic rings. The number of thiazole rings is 1. The Labute approximate surface area is 188 Å². The van der Waals surface area contributed by atoms with Crippen molar-refractivity contribution in [1.29, 1.82) is 0 Å². The number of rotatable bonds is 9. The number of benzene rings is 2. The third kappa shape index (κ3) is 6.35. The molecule has 8 heteroatoms. The summed E-state index contributed by atoms with van der Waals surface area (Å²) in [7, 11) is -3.85. The topological polar surface area (TPSA) is 88.2 Å². The van der Waals surface area contributed by atoms with Crippen molar-refractivity contribution in [1.82, 2.24) is 15.0 Å². The quantitative estimate of drug-likeness (QED) is 0.507. The molecule has 1 unspecified atom stereocenters. The van der Waals surface area contributed by atoms with E-state index in [0.29, 0.717) is 19.4 Å². The van der Waals surface area contributed by atoms with E-state index in [-0.39, 0.29) is 16.7 Å². The lowest BCUT2D eigenvalue weighted by Crippen LogP contribution is -2.47. The first-order chi connectivity index (χ1) is 14.6. The Balaban J connectivity index is 1.69. The van der Waals surface area contributed by atoms with Gasteiger partial charge in [0.1, 0.15) is 6.04 Å². The van der Waals surface area contributed by atoms with Crippen LogP contribution in [0.5, 0.6) is 0 Å². The fraction of sp³-hybridized carbons (Fsp3) is 0.391. The van der Waals surface area contributed by atoms with Crippen molar-refractivity contribution in [3.8, 4) is 0 Å². The maximum atomic E-state index is 13.0. The highest BCUT2D eigenvalue weighted by Crippen LogP contribution is 2.25. The van der Waals surface area contributed by atoms with E-state index in [4.69, 9.17) is 0 Å². The summed E-state index contributed by atoms with van der Waals surface area (Å²) in [5.41, 5.74) is 3.08. The number of hydrogen-bond donors (Lipinski definition) is 2. The predicted octanol–water partition coefficient (Wildman–Crippen LogP) is 3.97. The molecular weight excluding hydrogens is 430 g/mol. The highest BCUT2D eigenvalue weighted by Gasteiger charge is 2.26. The SMILES string of the molecule is Cc1ccc(CCNC(=O)C(CC(C)C)NS(=O)(=O)c2ccc3nc(C)sc3c2)cc1. The van der Waals surface area contributed by atoms with E-state index < -0.39 is 16.1 Å². The molecule has 6 nitrogen and oxygen atoms in total. The number of nitrogens with one attached hydrogen (secondary N) is 2. The van der Waals surface area contributed by atoms with E-state index >= 15 is 0 Å². The number of aryl methyl sites for hydroxylation is 2. The Kier molecular flexibility index (Phi) is 7.46. The fourth-order valence-electron chi connectivity index (χ4n) is 3.33. The van der Waals surface area contributed by atoms with Crippen LogP contribution in [-0.4, -0.2) is 31.9 Å². The maximum Gasteiger partial charge on any atom is 0.241 e. The lowest BCUT2D eigenvalue weighted by Gasteiger charge is -2.20. The van der Waals surface area contributed by atoms with Gasteiger partial charge in [-0.05, 0) is 56.4 Å². The summed E-state index contributed by atoms with van der Waals surface area (Å²) in [6, 6.07) is 12.2. The minimum atomic E-state index is -3.85. The average molecular weight is 460 g/mol. The molecule has 31 heavy (non-hydrogen) atoms. The van der Waals surface area contributed by atoms with E-state index in [1.165, 1.54) is 23.0 Å². The molecule has 0 fully saturated rings. The number of amides is 1. The zero-order chi connectivity index (χ0) is 22.6. The van der Waals surface area contributed by atoms with Gasteiger partial charge in [0, 0.05) is 6.54 Å². The molecule has 0 saturated heterocycles. The second kappa shape index (κ2) is 9.89. The molecule has 0 radical (unpaired) electrons. The lowest BCUT2D eigenvalue weighted by atomic mass is 10.0. The van der Waals surface area contributed by atoms with Gasteiger partial charge in [-0.1, -0.05) is 43.7 Å². The Morgan fingerprint density at radius 2 is 1.81 bits per heavy atom. The zero-order valence-corrected chi connectivity index (χ0v) is 19.9. The number of fused-ring (bicyclic) bond motifs is 1. The maximum absolute atomic E-state index is 13.0. The summed E-state index contributed by atoms with van der Waals surface area (Å²) in [5.74, 6) is -0.152. The first-order valence-electron chi connectivity index (χ1n) is 10.4. The average Bonchev–Trinajstić information content (AvgIpc) is 3.07. The largest absolute Gasteiger partial charge is 0.354 e. The summed E-state index contributed by atoms with van der Waals surface area (Å²) in [6.07, 6.45) is 1.10. The van der Waals surface area contributed by atoms with E-state index in [1.807, 2.05) is 52.0 Å². The smallest absolute Gasteiger partial charge is 0.241 e. The van der Waals surface area contributed by atoms with Gasteiger partial charge in [-0.15, -0.1) is 11.3 Å². The molecule has 1 amide bonds. The first-order valence-corrected chi connectivity index (χ1v) is 12.7. The van der Waals surface area contributed by atoms with Crippen LogP contribution in [0.25, 0.3) is 10.2 Å². The number of hydrogen-bond acceptors (Lipinski definition) is 5. The number of carbonyl (C=O) groups is 1. The van der Waals surface area contributed by atoms with Gasteiger partial charge in [-0.2, -0.15) is 4.72 Å². The third-order valence-electron chi connectivity index (χ3n) is 4.93. The van der Waals surface area contributed by atoms with Gasteiger partial charge in [0.2, 0.25) is 15.9 Å². The molecule has 3 aromatic rings. The Morgan fingerprint density at radius 3 is 2.48 bits per heavy atom. The minimum Gasteiger partial charge on any atom is -0.354 e. The Bertz CT molecular complexity index is 1150. The molecule has 0 bridgehead atoms. The van der Waals surface area contributed by atoms with Crippen molar-refractivity contribution in [2.24, 2.45) is 5.92 Å². The molecule has 0 aliphatic carbocycles. The molecule has 1 aromatic heterocycles. The summed E-state index contributed by atoms with van der Waals surface area (Å²) in [4.78, 5) is 17.3. The third-order valence-corrected chi connectivity index (χ3v) is 7.33. The van der Waals surface area contributed by atoms with E-state index in [2.05, 4.69) is 15.0 Å². The Hall–Kier alpha value is -2.29. The standard InChI is InChI=1S/C23H29N3O3S2/c1-15(2)13-21(23(27)24-12-11-18-7-5-16(3)6-8-18)26-31(28,29)19-9-10-20-22(14-19)30-17(4)25-20/h5-10,14-15,21,26H,11-13H2,1-4H3,(H,24,27). The monoisotopic (exact) mass is 459 g/mol. The zero-order valence-electron chi connectivity index (χ0n) is 18.3. The van der Waals surface area contributed by atoms with Crippen molar-refractivity contribution in [2.75, 3.05) is 6.54 Å². The normalized spacial score (nSPS) is 12.9. The number of carbonyl (C=O) groups excluding carboxylic acids is 1. The van der Waals surface area contributed by atoms with Crippen LogP contribution >= 0.6 is 11.3 Å². The molecule has 2 aromatic carbocycles. The molecule has 0 saturated carbocycles. The van der Waals surface area contributed by atoms with Crippen LogP contribution in [0.2, 0.25) is 0 Å². The van der Waals surface area contributed by atoms with Gasteiger partial charge < -0.3 is 5.32 Å². The van der Waals surface area contributed by atoms with Crippen LogP contribution < -0.4 is 10.0 Å². The second-order valence-corrected chi connectivity index (χ2v) is 11.1. The minimum absolute atomic E-state index is 0.143. The highest BCUT2D eigenvalue weighted by molar-refractivity contribution is 7.89. The van der Waals surface area contributed by atoms with Gasteiger partial charge in [-0.25, -0.2) is 13.4 Å². The molecular formula is C23H29N3O3S2. The van der Waals surface area contributed by atoms with Crippen molar-refractivity contribution in [2.45, 2.75) is 51.5 Å². The Morgan fingerprint density at radius 1 is 1.10 bits per heavy atom. The number of sulfonamides is 1. The summed E-state index contributed by atoms with van der Waals surface area (Å²) in [6.45, 7) is 8.29. The second-order valence-electron chi connectivity index (χ2n) is 8.19. The summed E-state index contributed by atoms with van der Waals surface area (Å²) in [5, 5.41) is 3.76.